The van der Waals surface area contributed by atoms with Crippen LogP contribution in [0.4, 0.5) is 23.2 Å². The molecular weight excluding hydrogens is 358 g/mol. The number of aryl methyl sites for hydroxylation is 2. The molecule has 0 saturated heterocycles. The number of hydrogen-bond acceptors (Lipinski definition) is 2. The number of halogens is 4. The zero-order valence-electron chi connectivity index (χ0n) is 13.3. The fourth-order valence-corrected chi connectivity index (χ4v) is 4.52. The molecule has 0 N–H and O–H groups in total. The van der Waals surface area contributed by atoms with Crippen molar-refractivity contribution >= 4 is 15.7 Å². The molecule has 0 radical (unpaired) electrons. The smallest absolute Gasteiger partial charge is 0.266 e. The molecule has 2 aromatic rings. The molecule has 1 heterocycles. The summed E-state index contributed by atoms with van der Waals surface area (Å²) < 4.78 is 79.0. The van der Waals surface area contributed by atoms with Gasteiger partial charge < -0.3 is 0 Å². The summed E-state index contributed by atoms with van der Waals surface area (Å²) in [5.41, 5.74) is 0.663. The van der Waals surface area contributed by atoms with Crippen molar-refractivity contribution < 1.29 is 26.0 Å². The van der Waals surface area contributed by atoms with Gasteiger partial charge in [-0.25, -0.2) is 12.8 Å². The van der Waals surface area contributed by atoms with Gasteiger partial charge in [0.25, 0.3) is 10.0 Å². The monoisotopic (exact) mass is 373 g/mol. The average molecular weight is 373 g/mol. The van der Waals surface area contributed by atoms with Gasteiger partial charge in [0.2, 0.25) is 0 Å². The van der Waals surface area contributed by atoms with E-state index in [2.05, 4.69) is 0 Å². The van der Waals surface area contributed by atoms with Crippen LogP contribution in [0.1, 0.15) is 23.1 Å². The lowest BCUT2D eigenvalue weighted by Gasteiger charge is -2.31. The summed E-state index contributed by atoms with van der Waals surface area (Å²) in [6.07, 6.45) is -3.71. The van der Waals surface area contributed by atoms with Crippen LogP contribution in [0.2, 0.25) is 0 Å². The Bertz CT molecular complexity index is 923. The molecule has 1 aliphatic rings. The Morgan fingerprint density at radius 1 is 1.08 bits per heavy atom. The number of fused-ring (bicyclic) bond motifs is 1. The second-order valence-corrected chi connectivity index (χ2v) is 7.81. The number of nitrogens with zero attached hydrogens (tertiary/aromatic N) is 1. The first-order chi connectivity index (χ1) is 11.6. The van der Waals surface area contributed by atoms with Crippen molar-refractivity contribution in [3.63, 3.8) is 0 Å². The summed E-state index contributed by atoms with van der Waals surface area (Å²) in [6, 6.07) is 7.02. The van der Waals surface area contributed by atoms with E-state index in [9.17, 15) is 26.0 Å². The second kappa shape index (κ2) is 6.01. The molecule has 8 heteroatoms. The van der Waals surface area contributed by atoms with Gasteiger partial charge in [0.1, 0.15) is 5.82 Å². The molecule has 0 aliphatic carbocycles. The highest BCUT2D eigenvalue weighted by molar-refractivity contribution is 7.92. The summed E-state index contributed by atoms with van der Waals surface area (Å²) in [7, 11) is -4.22. The van der Waals surface area contributed by atoms with Crippen LogP contribution in [0.3, 0.4) is 0 Å². The quantitative estimate of drug-likeness (QED) is 0.737. The SMILES string of the molecule is Cc1ccc2c(c1)CCCN2S(=O)(=O)c1ccc(F)c(C(F)(F)F)c1. The van der Waals surface area contributed by atoms with Gasteiger partial charge in [-0.15, -0.1) is 0 Å². The number of sulfonamides is 1. The topological polar surface area (TPSA) is 37.4 Å². The number of anilines is 1. The molecule has 1 aliphatic heterocycles. The molecule has 0 amide bonds. The number of benzene rings is 2. The normalized spacial score (nSPS) is 15.2. The van der Waals surface area contributed by atoms with E-state index in [0.29, 0.717) is 30.7 Å². The molecule has 0 atom stereocenters. The first kappa shape index (κ1) is 17.7. The molecule has 0 bridgehead atoms. The molecule has 0 fully saturated rings. The third-order valence-corrected chi connectivity index (χ3v) is 5.95. The Labute approximate surface area is 142 Å². The van der Waals surface area contributed by atoms with E-state index < -0.39 is 32.5 Å². The highest BCUT2D eigenvalue weighted by atomic mass is 32.2. The first-order valence-electron chi connectivity index (χ1n) is 7.60. The van der Waals surface area contributed by atoms with Crippen molar-refractivity contribution in [2.24, 2.45) is 0 Å². The van der Waals surface area contributed by atoms with E-state index >= 15 is 0 Å². The average Bonchev–Trinajstić information content (AvgIpc) is 2.53. The minimum Gasteiger partial charge on any atom is -0.266 e. The maximum Gasteiger partial charge on any atom is 0.419 e. The molecule has 25 heavy (non-hydrogen) atoms. The maximum atomic E-state index is 13.5. The Hall–Kier alpha value is -2.09. The van der Waals surface area contributed by atoms with E-state index in [0.717, 1.165) is 21.5 Å². The number of rotatable bonds is 2. The maximum absolute atomic E-state index is 13.5. The van der Waals surface area contributed by atoms with Crippen molar-refractivity contribution in [2.45, 2.75) is 30.8 Å². The molecule has 2 aromatic carbocycles. The fourth-order valence-electron chi connectivity index (χ4n) is 2.95. The minimum atomic E-state index is -4.97. The lowest BCUT2D eigenvalue weighted by atomic mass is 10.0. The van der Waals surface area contributed by atoms with E-state index in [-0.39, 0.29) is 6.54 Å². The fraction of sp³-hybridized carbons (Fsp3) is 0.294. The van der Waals surface area contributed by atoms with Crippen LogP contribution in [0.5, 0.6) is 0 Å². The highest BCUT2D eigenvalue weighted by Crippen LogP contribution is 2.36. The number of alkyl halides is 3. The van der Waals surface area contributed by atoms with Crippen molar-refractivity contribution in [3.8, 4) is 0 Å². The van der Waals surface area contributed by atoms with E-state index in [4.69, 9.17) is 0 Å². The molecule has 134 valence electrons. The third-order valence-electron chi connectivity index (χ3n) is 4.14. The highest BCUT2D eigenvalue weighted by Gasteiger charge is 2.37. The molecule has 0 spiro atoms. The van der Waals surface area contributed by atoms with Gasteiger partial charge >= 0.3 is 6.18 Å². The van der Waals surface area contributed by atoms with Crippen LogP contribution in [0.25, 0.3) is 0 Å². The second-order valence-electron chi connectivity index (χ2n) is 5.95. The largest absolute Gasteiger partial charge is 0.419 e. The van der Waals surface area contributed by atoms with Crippen LogP contribution in [0.15, 0.2) is 41.3 Å². The summed E-state index contributed by atoms with van der Waals surface area (Å²) >= 11 is 0. The van der Waals surface area contributed by atoms with Gasteiger partial charge in [0, 0.05) is 6.54 Å². The molecular formula is C17H15F4NO2S. The third kappa shape index (κ3) is 3.22. The predicted octanol–water partition coefficient (Wildman–Crippen LogP) is 4.29. The van der Waals surface area contributed by atoms with E-state index in [1.165, 1.54) is 0 Å². The minimum absolute atomic E-state index is 0.164. The molecule has 0 aromatic heterocycles. The Balaban J connectivity index is 2.10. The predicted molar refractivity (Wildman–Crippen MR) is 85.4 cm³/mol. The van der Waals surface area contributed by atoms with Crippen LogP contribution >= 0.6 is 0 Å². The van der Waals surface area contributed by atoms with Crippen LogP contribution in [-0.4, -0.2) is 15.0 Å². The Morgan fingerprint density at radius 3 is 2.48 bits per heavy atom. The van der Waals surface area contributed by atoms with Crippen LogP contribution < -0.4 is 4.31 Å². The van der Waals surface area contributed by atoms with Crippen LogP contribution in [0, 0.1) is 12.7 Å². The lowest BCUT2D eigenvalue weighted by Crippen LogP contribution is -2.35. The van der Waals surface area contributed by atoms with Crippen molar-refractivity contribution in [1.29, 1.82) is 0 Å². The molecule has 3 nitrogen and oxygen atoms in total. The van der Waals surface area contributed by atoms with E-state index in [1.807, 2.05) is 13.0 Å². The Kier molecular flexibility index (Phi) is 4.26. The standard InChI is InChI=1S/C17H15F4NO2S/c1-11-4-7-16-12(9-11)3-2-8-22(16)25(23,24)13-5-6-15(18)14(10-13)17(19,20)21/h4-7,9-10H,2-3,8H2,1H3. The first-order valence-corrected chi connectivity index (χ1v) is 9.04. The summed E-state index contributed by atoms with van der Waals surface area (Å²) in [5.74, 6) is -1.50. The van der Waals surface area contributed by atoms with Gasteiger partial charge in [-0.2, -0.15) is 13.2 Å². The summed E-state index contributed by atoms with van der Waals surface area (Å²) in [4.78, 5) is -0.574. The van der Waals surface area contributed by atoms with Gasteiger partial charge in [-0.1, -0.05) is 17.7 Å². The molecule has 3 rings (SSSR count). The zero-order valence-corrected chi connectivity index (χ0v) is 14.1. The van der Waals surface area contributed by atoms with Crippen molar-refractivity contribution in [2.75, 3.05) is 10.8 Å². The zero-order chi connectivity index (χ0) is 18.4. The van der Waals surface area contributed by atoms with Gasteiger partial charge in [0.15, 0.2) is 0 Å². The van der Waals surface area contributed by atoms with Crippen molar-refractivity contribution in [3.05, 3.63) is 58.9 Å². The van der Waals surface area contributed by atoms with Gasteiger partial charge in [-0.05, 0) is 49.6 Å². The van der Waals surface area contributed by atoms with Crippen molar-refractivity contribution in [1.82, 2.24) is 0 Å². The summed E-state index contributed by atoms with van der Waals surface area (Å²) in [5, 5.41) is 0. The van der Waals surface area contributed by atoms with Gasteiger partial charge in [0.05, 0.1) is 16.1 Å². The Morgan fingerprint density at radius 2 is 1.80 bits per heavy atom. The van der Waals surface area contributed by atoms with Crippen LogP contribution in [-0.2, 0) is 22.6 Å². The molecule has 0 saturated carbocycles. The van der Waals surface area contributed by atoms with E-state index in [1.54, 1.807) is 12.1 Å². The van der Waals surface area contributed by atoms with Gasteiger partial charge in [-0.3, -0.25) is 4.31 Å². The molecule has 0 unspecified atom stereocenters. The summed E-state index contributed by atoms with van der Waals surface area (Å²) in [6.45, 7) is 2.04. The number of hydrogen-bond donors (Lipinski definition) is 0. The lowest BCUT2D eigenvalue weighted by molar-refractivity contribution is -0.140.